The second-order valence-electron chi connectivity index (χ2n) is 7.97. The van der Waals surface area contributed by atoms with Gasteiger partial charge in [-0.3, -0.25) is 4.79 Å². The van der Waals surface area contributed by atoms with E-state index in [1.165, 1.54) is 6.92 Å². The average molecular weight is 537 g/mol. The Hall–Kier alpha value is -1.40. The van der Waals surface area contributed by atoms with Gasteiger partial charge in [-0.25, -0.2) is 4.79 Å². The average Bonchev–Trinajstić information content (AvgIpc) is 2.88. The summed E-state index contributed by atoms with van der Waals surface area (Å²) in [6, 6.07) is 0. The van der Waals surface area contributed by atoms with E-state index in [-0.39, 0.29) is 36.7 Å². The minimum absolute atomic E-state index is 0.00498. The summed E-state index contributed by atoms with van der Waals surface area (Å²) in [5.41, 5.74) is 0. The predicted octanol–water partition coefficient (Wildman–Crippen LogP) is 2.96. The Labute approximate surface area is 221 Å². The van der Waals surface area contributed by atoms with Crippen molar-refractivity contribution in [3.63, 3.8) is 0 Å². The predicted molar refractivity (Wildman–Crippen MR) is 142 cm³/mol. The molecule has 0 aliphatic heterocycles. The molecular formula is C25H48N2O8S. The maximum absolute atomic E-state index is 11.8. The summed E-state index contributed by atoms with van der Waals surface area (Å²) in [6.07, 6.45) is 6.35. The van der Waals surface area contributed by atoms with Crippen LogP contribution < -0.4 is 10.6 Å². The smallest absolute Gasteiger partial charge is 0.407 e. The first-order valence-corrected chi connectivity index (χ1v) is 14.3. The van der Waals surface area contributed by atoms with Crippen molar-refractivity contribution in [3.05, 3.63) is 0 Å². The summed E-state index contributed by atoms with van der Waals surface area (Å²) in [5, 5.41) is 6.10. The van der Waals surface area contributed by atoms with Crippen molar-refractivity contribution < 1.29 is 38.1 Å². The number of rotatable bonds is 20. The number of Topliss-reactive ketones (excluding diaryl/α,β-unsaturated/α-hetero) is 1. The van der Waals surface area contributed by atoms with Crippen molar-refractivity contribution >= 4 is 29.5 Å². The van der Waals surface area contributed by atoms with Gasteiger partial charge < -0.3 is 39.1 Å². The van der Waals surface area contributed by atoms with Crippen LogP contribution in [0.2, 0.25) is 0 Å². The molecule has 11 heteroatoms. The van der Waals surface area contributed by atoms with Crippen LogP contribution >= 0.6 is 11.8 Å². The van der Waals surface area contributed by atoms with E-state index in [4.69, 9.17) is 23.7 Å². The summed E-state index contributed by atoms with van der Waals surface area (Å²) < 4.78 is 27.0. The zero-order valence-corrected chi connectivity index (χ0v) is 23.5. The number of thioether (sulfide) groups is 1. The number of hydrogen-bond acceptors (Lipinski definition) is 9. The van der Waals surface area contributed by atoms with Gasteiger partial charge in [0.2, 0.25) is 5.91 Å². The molecule has 1 aliphatic carbocycles. The van der Waals surface area contributed by atoms with Crippen LogP contribution in [0.25, 0.3) is 0 Å². The maximum Gasteiger partial charge on any atom is 0.407 e. The molecule has 0 unspecified atom stereocenters. The van der Waals surface area contributed by atoms with E-state index in [0.717, 1.165) is 25.7 Å². The van der Waals surface area contributed by atoms with Gasteiger partial charge in [-0.05, 0) is 38.9 Å². The van der Waals surface area contributed by atoms with E-state index in [1.807, 2.05) is 25.6 Å². The molecule has 2 amide bonds. The Balaban J connectivity index is 0.00000596. The number of alkyl carbamates (subject to hydrolysis) is 1. The van der Waals surface area contributed by atoms with Gasteiger partial charge in [0.15, 0.2) is 0 Å². The number of hydrogen-bond donors (Lipinski definition) is 2. The minimum atomic E-state index is -0.372. The number of carbonyl (C=O) groups excluding carboxylic acids is 3. The van der Waals surface area contributed by atoms with Crippen LogP contribution in [0.3, 0.4) is 0 Å². The number of ketones is 1. The molecule has 10 nitrogen and oxygen atoms in total. The van der Waals surface area contributed by atoms with Crippen LogP contribution in [0, 0.1) is 0 Å². The van der Waals surface area contributed by atoms with Gasteiger partial charge in [0.25, 0.3) is 0 Å². The Morgan fingerprint density at radius 3 is 1.67 bits per heavy atom. The number of ether oxygens (including phenoxy) is 5. The second-order valence-corrected chi connectivity index (χ2v) is 9.11. The first-order chi connectivity index (χ1) is 17.5. The van der Waals surface area contributed by atoms with Gasteiger partial charge in [-0.15, -0.1) is 0 Å². The number of amides is 2. The molecule has 0 saturated heterocycles. The van der Waals surface area contributed by atoms with E-state index in [9.17, 15) is 14.4 Å². The van der Waals surface area contributed by atoms with Crippen molar-refractivity contribution in [2.75, 3.05) is 72.2 Å². The molecule has 0 aromatic heterocycles. The zero-order chi connectivity index (χ0) is 26.9. The van der Waals surface area contributed by atoms with Crippen molar-refractivity contribution in [2.24, 2.45) is 0 Å². The van der Waals surface area contributed by atoms with E-state index >= 15 is 0 Å². The van der Waals surface area contributed by atoms with Crippen LogP contribution in [0.15, 0.2) is 0 Å². The van der Waals surface area contributed by atoms with Gasteiger partial charge in [0, 0.05) is 31.2 Å². The Bertz CT molecular complexity index is 560. The van der Waals surface area contributed by atoms with Gasteiger partial charge in [-0.2, -0.15) is 11.8 Å². The monoisotopic (exact) mass is 536 g/mol. The fraction of sp³-hybridized carbons (Fsp3) is 0.880. The number of carbonyl (C=O) groups is 3. The van der Waals surface area contributed by atoms with Crippen LogP contribution in [-0.2, 0) is 33.3 Å². The molecule has 0 aromatic carbocycles. The zero-order valence-electron chi connectivity index (χ0n) is 22.6. The van der Waals surface area contributed by atoms with Crippen LogP contribution in [0.5, 0.6) is 0 Å². The highest BCUT2D eigenvalue weighted by Gasteiger charge is 2.23. The lowest BCUT2D eigenvalue weighted by molar-refractivity contribution is -0.124. The van der Waals surface area contributed by atoms with Crippen molar-refractivity contribution in [1.82, 2.24) is 10.6 Å². The molecule has 2 N–H and O–H groups in total. The summed E-state index contributed by atoms with van der Waals surface area (Å²) in [5.74, 6) is -0.139. The summed E-state index contributed by atoms with van der Waals surface area (Å²) >= 11 is 1.89. The molecule has 0 spiro atoms. The lowest BCUT2D eigenvalue weighted by Gasteiger charge is -2.27. The first-order valence-electron chi connectivity index (χ1n) is 13.1. The van der Waals surface area contributed by atoms with E-state index < -0.39 is 0 Å². The highest BCUT2D eigenvalue weighted by atomic mass is 32.2. The molecule has 0 atom stereocenters. The molecule has 0 bridgehead atoms. The van der Waals surface area contributed by atoms with Crippen molar-refractivity contribution in [3.8, 4) is 0 Å². The van der Waals surface area contributed by atoms with Crippen LogP contribution in [0.1, 0.15) is 59.3 Å². The summed E-state index contributed by atoms with van der Waals surface area (Å²) in [4.78, 5) is 34.0. The molecular weight excluding hydrogens is 488 g/mol. The van der Waals surface area contributed by atoms with E-state index in [0.29, 0.717) is 71.2 Å². The van der Waals surface area contributed by atoms with E-state index in [1.54, 1.807) is 0 Å². The summed E-state index contributed by atoms with van der Waals surface area (Å²) in [7, 11) is 0. The fourth-order valence-corrected chi connectivity index (χ4v) is 3.95. The molecule has 1 saturated carbocycles. The fourth-order valence-electron chi connectivity index (χ4n) is 3.21. The number of nitrogens with one attached hydrogen (secondary N) is 2. The second kappa shape index (κ2) is 25.3. The molecule has 1 fully saturated rings. The van der Waals surface area contributed by atoms with Gasteiger partial charge in [0.1, 0.15) is 11.9 Å². The molecule has 1 rings (SSSR count). The molecule has 0 heterocycles. The Morgan fingerprint density at radius 2 is 1.19 bits per heavy atom. The Morgan fingerprint density at radius 1 is 0.722 bits per heavy atom. The lowest BCUT2D eigenvalue weighted by atomic mass is 9.97. The lowest BCUT2D eigenvalue weighted by Crippen LogP contribution is -2.33. The van der Waals surface area contributed by atoms with Gasteiger partial charge >= 0.3 is 6.09 Å². The maximum atomic E-state index is 11.8. The largest absolute Gasteiger partial charge is 0.446 e. The van der Waals surface area contributed by atoms with Crippen LogP contribution in [0.4, 0.5) is 4.79 Å². The molecule has 0 aromatic rings. The third-order valence-electron chi connectivity index (χ3n) is 5.13. The van der Waals surface area contributed by atoms with Crippen LogP contribution in [-0.4, -0.2) is 101 Å². The highest BCUT2D eigenvalue weighted by Crippen LogP contribution is 2.28. The van der Waals surface area contributed by atoms with E-state index in [2.05, 4.69) is 16.9 Å². The summed E-state index contributed by atoms with van der Waals surface area (Å²) in [6.45, 7) is 9.77. The SMILES string of the molecule is CC.CSC1CCC(OC(=O)NCCOCCOCCOCCOCCNC(=O)CCC(C)=O)CC1. The van der Waals surface area contributed by atoms with Crippen molar-refractivity contribution in [2.45, 2.75) is 70.7 Å². The molecule has 1 aliphatic rings. The first kappa shape index (κ1) is 34.6. The molecule has 36 heavy (non-hydrogen) atoms. The van der Waals surface area contributed by atoms with Gasteiger partial charge in [-0.1, -0.05) is 13.8 Å². The normalized spacial score (nSPS) is 17.0. The Kier molecular flexibility index (Phi) is 24.3. The van der Waals surface area contributed by atoms with Gasteiger partial charge in [0.05, 0.1) is 52.9 Å². The van der Waals surface area contributed by atoms with Crippen molar-refractivity contribution in [1.29, 1.82) is 0 Å². The third-order valence-corrected chi connectivity index (χ3v) is 6.27. The minimum Gasteiger partial charge on any atom is -0.446 e. The third kappa shape index (κ3) is 21.8. The highest BCUT2D eigenvalue weighted by molar-refractivity contribution is 7.99. The quantitative estimate of drug-likeness (QED) is 0.226. The molecule has 212 valence electrons. The standard InChI is InChI=1S/C23H42N2O8S.C2H6/c1-19(26)3-8-22(27)24-9-11-29-13-15-31-17-18-32-16-14-30-12-10-25-23(28)33-20-4-6-21(34-2)7-5-20;1-2/h20-21H,3-18H2,1-2H3,(H,24,27)(H,25,28);1-2H3. The topological polar surface area (TPSA) is 121 Å². The molecule has 0 radical (unpaired) electrons.